The standard InChI is InChI=1S/C17H34N2/c1-5-19-8-6-15(7-9-19)13-18-16-10-14(2)11-17(3,4)12-16/h14-16,18H,5-13H2,1-4H3. The molecule has 2 aliphatic rings. The fraction of sp³-hybridized carbons (Fsp3) is 1.00. The third-order valence-electron chi connectivity index (χ3n) is 5.24. The molecule has 1 saturated heterocycles. The van der Waals surface area contributed by atoms with E-state index in [0.717, 1.165) is 17.9 Å². The minimum Gasteiger partial charge on any atom is -0.314 e. The van der Waals surface area contributed by atoms with Crippen LogP contribution in [0.25, 0.3) is 0 Å². The first-order chi connectivity index (χ1) is 8.98. The van der Waals surface area contributed by atoms with E-state index in [-0.39, 0.29) is 0 Å². The van der Waals surface area contributed by atoms with Crippen molar-refractivity contribution in [2.24, 2.45) is 17.3 Å². The van der Waals surface area contributed by atoms with Crippen LogP contribution in [-0.2, 0) is 0 Å². The highest BCUT2D eigenvalue weighted by molar-refractivity contribution is 4.87. The molecule has 2 fully saturated rings. The van der Waals surface area contributed by atoms with E-state index in [1.54, 1.807) is 0 Å². The van der Waals surface area contributed by atoms with Crippen molar-refractivity contribution in [1.82, 2.24) is 10.2 Å². The number of nitrogens with one attached hydrogen (secondary N) is 1. The van der Waals surface area contributed by atoms with Gasteiger partial charge >= 0.3 is 0 Å². The minimum absolute atomic E-state index is 0.543. The zero-order valence-electron chi connectivity index (χ0n) is 13.5. The van der Waals surface area contributed by atoms with Crippen molar-refractivity contribution in [3.8, 4) is 0 Å². The summed E-state index contributed by atoms with van der Waals surface area (Å²) in [7, 11) is 0. The molecule has 1 N–H and O–H groups in total. The summed E-state index contributed by atoms with van der Waals surface area (Å²) in [6.07, 6.45) is 6.95. The van der Waals surface area contributed by atoms with Crippen LogP contribution in [0.3, 0.4) is 0 Å². The van der Waals surface area contributed by atoms with E-state index in [4.69, 9.17) is 0 Å². The Labute approximate surface area is 120 Å². The third-order valence-corrected chi connectivity index (χ3v) is 5.24. The molecule has 0 radical (unpaired) electrons. The number of hydrogen-bond donors (Lipinski definition) is 1. The normalized spacial score (nSPS) is 33.5. The Morgan fingerprint density at radius 1 is 1.16 bits per heavy atom. The van der Waals surface area contributed by atoms with Gasteiger partial charge in [-0.2, -0.15) is 0 Å². The van der Waals surface area contributed by atoms with Crippen molar-refractivity contribution in [3.63, 3.8) is 0 Å². The maximum absolute atomic E-state index is 3.89. The van der Waals surface area contributed by atoms with Gasteiger partial charge in [-0.25, -0.2) is 0 Å². The molecule has 19 heavy (non-hydrogen) atoms. The molecule has 112 valence electrons. The molecule has 0 aromatic carbocycles. The summed E-state index contributed by atoms with van der Waals surface area (Å²) < 4.78 is 0. The fourth-order valence-corrected chi connectivity index (χ4v) is 4.34. The summed E-state index contributed by atoms with van der Waals surface area (Å²) in [5, 5.41) is 3.89. The molecule has 0 aromatic heterocycles. The summed E-state index contributed by atoms with van der Waals surface area (Å²) >= 11 is 0. The lowest BCUT2D eigenvalue weighted by Crippen LogP contribution is -2.44. The molecule has 0 aromatic rings. The van der Waals surface area contributed by atoms with Crippen LogP contribution in [0.5, 0.6) is 0 Å². The summed E-state index contributed by atoms with van der Waals surface area (Å²) in [4.78, 5) is 2.59. The van der Waals surface area contributed by atoms with Crippen LogP contribution in [-0.4, -0.2) is 37.1 Å². The third kappa shape index (κ3) is 4.75. The Bertz CT molecular complexity index is 266. The van der Waals surface area contributed by atoms with E-state index >= 15 is 0 Å². The first-order valence-corrected chi connectivity index (χ1v) is 8.44. The lowest BCUT2D eigenvalue weighted by Gasteiger charge is -2.40. The summed E-state index contributed by atoms with van der Waals surface area (Å²) in [6, 6.07) is 0.767. The van der Waals surface area contributed by atoms with Gasteiger partial charge in [0, 0.05) is 6.04 Å². The Morgan fingerprint density at radius 2 is 1.84 bits per heavy atom. The van der Waals surface area contributed by atoms with E-state index in [1.807, 2.05) is 0 Å². The first kappa shape index (κ1) is 15.3. The molecule has 2 atom stereocenters. The van der Waals surface area contributed by atoms with Crippen LogP contribution in [0.2, 0.25) is 0 Å². The van der Waals surface area contributed by atoms with Crippen LogP contribution in [0.4, 0.5) is 0 Å². The van der Waals surface area contributed by atoms with Crippen molar-refractivity contribution >= 4 is 0 Å². The second kappa shape index (κ2) is 6.58. The van der Waals surface area contributed by atoms with Crippen molar-refractivity contribution in [1.29, 1.82) is 0 Å². The molecule has 0 bridgehead atoms. The number of rotatable bonds is 4. The lowest BCUT2D eigenvalue weighted by molar-refractivity contribution is 0.139. The van der Waals surface area contributed by atoms with Crippen molar-refractivity contribution in [2.45, 2.75) is 65.8 Å². The Hall–Kier alpha value is -0.0800. The van der Waals surface area contributed by atoms with Gasteiger partial charge in [0.15, 0.2) is 0 Å². The zero-order valence-corrected chi connectivity index (χ0v) is 13.5. The highest BCUT2D eigenvalue weighted by Crippen LogP contribution is 2.38. The van der Waals surface area contributed by atoms with Gasteiger partial charge in [-0.3, -0.25) is 0 Å². The van der Waals surface area contributed by atoms with Gasteiger partial charge in [0.05, 0.1) is 0 Å². The lowest BCUT2D eigenvalue weighted by atomic mass is 9.70. The second-order valence-electron chi connectivity index (χ2n) is 7.90. The van der Waals surface area contributed by atoms with Gasteiger partial charge < -0.3 is 10.2 Å². The predicted molar refractivity (Wildman–Crippen MR) is 83.4 cm³/mol. The highest BCUT2D eigenvalue weighted by Gasteiger charge is 2.32. The monoisotopic (exact) mass is 266 g/mol. The maximum atomic E-state index is 3.89. The molecule has 2 rings (SSSR count). The molecule has 1 heterocycles. The number of nitrogens with zero attached hydrogens (tertiary/aromatic N) is 1. The zero-order chi connectivity index (χ0) is 13.9. The molecule has 2 heteroatoms. The van der Waals surface area contributed by atoms with Gasteiger partial charge in [0.2, 0.25) is 0 Å². The van der Waals surface area contributed by atoms with Gasteiger partial charge in [-0.15, -0.1) is 0 Å². The van der Waals surface area contributed by atoms with E-state index in [1.165, 1.54) is 58.3 Å². The fourth-order valence-electron chi connectivity index (χ4n) is 4.34. The van der Waals surface area contributed by atoms with Gasteiger partial charge in [0.1, 0.15) is 0 Å². The molecule has 0 amide bonds. The average Bonchev–Trinajstić information content (AvgIpc) is 2.34. The number of likely N-dealkylation sites (tertiary alicyclic amines) is 1. The van der Waals surface area contributed by atoms with Gasteiger partial charge in [0.25, 0.3) is 0 Å². The molecule has 1 aliphatic heterocycles. The largest absolute Gasteiger partial charge is 0.314 e. The van der Waals surface area contributed by atoms with Crippen molar-refractivity contribution in [2.75, 3.05) is 26.2 Å². The van der Waals surface area contributed by atoms with Crippen LogP contribution in [0, 0.1) is 17.3 Å². The molecule has 1 aliphatic carbocycles. The van der Waals surface area contributed by atoms with E-state index in [2.05, 4.69) is 37.9 Å². The number of hydrogen-bond acceptors (Lipinski definition) is 2. The van der Waals surface area contributed by atoms with Gasteiger partial charge in [-0.1, -0.05) is 27.7 Å². The Balaban J connectivity index is 1.71. The highest BCUT2D eigenvalue weighted by atomic mass is 15.1. The topological polar surface area (TPSA) is 15.3 Å². The van der Waals surface area contributed by atoms with Crippen LogP contribution in [0.1, 0.15) is 59.8 Å². The molecule has 0 spiro atoms. The van der Waals surface area contributed by atoms with E-state index < -0.39 is 0 Å². The summed E-state index contributed by atoms with van der Waals surface area (Å²) in [6.45, 7) is 14.7. The Kier molecular flexibility index (Phi) is 5.30. The van der Waals surface area contributed by atoms with Crippen molar-refractivity contribution < 1.29 is 0 Å². The van der Waals surface area contributed by atoms with Crippen LogP contribution >= 0.6 is 0 Å². The summed E-state index contributed by atoms with van der Waals surface area (Å²) in [5.41, 5.74) is 0.543. The molecule has 2 nitrogen and oxygen atoms in total. The molecule has 2 unspecified atom stereocenters. The quantitative estimate of drug-likeness (QED) is 0.837. The van der Waals surface area contributed by atoms with Crippen molar-refractivity contribution in [3.05, 3.63) is 0 Å². The first-order valence-electron chi connectivity index (χ1n) is 8.44. The molecule has 1 saturated carbocycles. The minimum atomic E-state index is 0.543. The van der Waals surface area contributed by atoms with E-state index in [0.29, 0.717) is 5.41 Å². The average molecular weight is 266 g/mol. The molecular formula is C17H34N2. The van der Waals surface area contributed by atoms with Crippen LogP contribution < -0.4 is 5.32 Å². The maximum Gasteiger partial charge on any atom is 0.00748 e. The van der Waals surface area contributed by atoms with Gasteiger partial charge in [-0.05, 0) is 75.5 Å². The van der Waals surface area contributed by atoms with Crippen LogP contribution in [0.15, 0.2) is 0 Å². The molecular weight excluding hydrogens is 232 g/mol. The second-order valence-corrected chi connectivity index (χ2v) is 7.90. The Morgan fingerprint density at radius 3 is 2.42 bits per heavy atom. The predicted octanol–water partition coefficient (Wildman–Crippen LogP) is 3.52. The number of piperidine rings is 1. The smallest absolute Gasteiger partial charge is 0.00748 e. The summed E-state index contributed by atoms with van der Waals surface area (Å²) in [5.74, 6) is 1.81. The SMILES string of the molecule is CCN1CCC(CNC2CC(C)CC(C)(C)C2)CC1. The van der Waals surface area contributed by atoms with E-state index in [9.17, 15) is 0 Å².